The van der Waals surface area contributed by atoms with Gasteiger partial charge in [0.2, 0.25) is 0 Å². The molecule has 2 aromatic rings. The topological polar surface area (TPSA) is 87.5 Å². The number of hydrogen-bond acceptors (Lipinski definition) is 5. The Hall–Kier alpha value is -2.63. The third kappa shape index (κ3) is 8.18. The van der Waals surface area contributed by atoms with Crippen molar-refractivity contribution < 1.29 is 17.9 Å². The second-order valence-electron chi connectivity index (χ2n) is 12.8. The van der Waals surface area contributed by atoms with Gasteiger partial charge < -0.3 is 9.64 Å². The molecule has 39 heavy (non-hydrogen) atoms. The van der Waals surface area contributed by atoms with Crippen molar-refractivity contribution in [2.75, 3.05) is 18.8 Å². The van der Waals surface area contributed by atoms with E-state index in [9.17, 15) is 18.5 Å². The fourth-order valence-corrected chi connectivity index (χ4v) is 9.76. The van der Waals surface area contributed by atoms with Gasteiger partial charge in [0.1, 0.15) is 11.7 Å². The van der Waals surface area contributed by atoms with Crippen molar-refractivity contribution in [3.63, 3.8) is 0 Å². The monoisotopic (exact) mass is 568 g/mol. The number of piperidine rings is 1. The zero-order valence-electron chi connectivity index (χ0n) is 24.6. The molecule has 2 aromatic carbocycles. The fourth-order valence-electron chi connectivity index (χ4n) is 5.00. The Morgan fingerprint density at radius 3 is 2.21 bits per heavy atom. The molecule has 0 atom stereocenters. The SMILES string of the molecule is CCCc1ccc(-c2ccc(C3CCN(C(=O)OC(C)(C)C)CC3)cc2)c(C#N)c1S(=O)(=O)CC[Si](C)(C)C. The van der Waals surface area contributed by atoms with Crippen molar-refractivity contribution >= 4 is 24.0 Å². The van der Waals surface area contributed by atoms with E-state index in [4.69, 9.17) is 4.74 Å². The lowest BCUT2D eigenvalue weighted by molar-refractivity contribution is 0.0205. The molecule has 0 saturated carbocycles. The normalized spacial score (nSPS) is 15.2. The van der Waals surface area contributed by atoms with E-state index in [1.807, 2.05) is 52.0 Å². The van der Waals surface area contributed by atoms with Crippen molar-refractivity contribution in [2.24, 2.45) is 0 Å². The molecular formula is C31H44N2O4SSi. The Balaban J connectivity index is 1.86. The predicted molar refractivity (Wildman–Crippen MR) is 161 cm³/mol. The van der Waals surface area contributed by atoms with Crippen LogP contribution in [0, 0.1) is 11.3 Å². The molecular weight excluding hydrogens is 525 g/mol. The number of rotatable bonds is 8. The lowest BCUT2D eigenvalue weighted by atomic mass is 9.88. The number of ether oxygens (including phenoxy) is 1. The van der Waals surface area contributed by atoms with Gasteiger partial charge in [-0.3, -0.25) is 0 Å². The third-order valence-electron chi connectivity index (χ3n) is 7.14. The summed E-state index contributed by atoms with van der Waals surface area (Å²) in [4.78, 5) is 14.4. The van der Waals surface area contributed by atoms with E-state index in [0.29, 0.717) is 37.0 Å². The number of hydrogen-bond donors (Lipinski definition) is 0. The third-order valence-corrected chi connectivity index (χ3v) is 11.1. The number of carbonyl (C=O) groups is 1. The van der Waals surface area contributed by atoms with Gasteiger partial charge in [-0.2, -0.15) is 5.26 Å². The number of aryl methyl sites for hydroxylation is 1. The van der Waals surface area contributed by atoms with Crippen LogP contribution in [0.25, 0.3) is 11.1 Å². The van der Waals surface area contributed by atoms with E-state index in [-0.39, 0.29) is 22.3 Å². The van der Waals surface area contributed by atoms with Crippen molar-refractivity contribution in [3.05, 3.63) is 53.1 Å². The van der Waals surface area contributed by atoms with Crippen LogP contribution in [0.1, 0.15) is 69.6 Å². The number of likely N-dealkylation sites (tertiary alicyclic amines) is 1. The number of sulfone groups is 1. The van der Waals surface area contributed by atoms with Crippen molar-refractivity contribution in [1.29, 1.82) is 5.26 Å². The minimum absolute atomic E-state index is 0.0818. The molecule has 0 unspecified atom stereocenters. The van der Waals surface area contributed by atoms with E-state index in [2.05, 4.69) is 37.8 Å². The summed E-state index contributed by atoms with van der Waals surface area (Å²) in [7, 11) is -5.18. The average Bonchev–Trinajstić information content (AvgIpc) is 2.86. The molecule has 3 rings (SSSR count). The highest BCUT2D eigenvalue weighted by Gasteiger charge is 2.29. The molecule has 0 spiro atoms. The summed E-state index contributed by atoms with van der Waals surface area (Å²) in [6.45, 7) is 15.4. The van der Waals surface area contributed by atoms with Crippen LogP contribution in [0.15, 0.2) is 41.3 Å². The number of nitrogens with zero attached hydrogens (tertiary/aromatic N) is 2. The van der Waals surface area contributed by atoms with Crippen LogP contribution in [-0.2, 0) is 21.0 Å². The smallest absolute Gasteiger partial charge is 0.410 e. The van der Waals surface area contributed by atoms with Gasteiger partial charge in [0.25, 0.3) is 0 Å². The molecule has 0 N–H and O–H groups in total. The molecule has 8 heteroatoms. The maximum Gasteiger partial charge on any atom is 0.410 e. The zero-order chi connectivity index (χ0) is 29.0. The molecule has 1 heterocycles. The predicted octanol–water partition coefficient (Wildman–Crippen LogP) is 7.40. The van der Waals surface area contributed by atoms with Crippen LogP contribution in [0.4, 0.5) is 4.79 Å². The molecule has 0 radical (unpaired) electrons. The molecule has 0 aromatic heterocycles. The van der Waals surface area contributed by atoms with Gasteiger partial charge in [-0.15, -0.1) is 0 Å². The Kier molecular flexibility index (Phi) is 9.72. The van der Waals surface area contributed by atoms with Crippen LogP contribution in [-0.4, -0.2) is 51.9 Å². The summed E-state index contributed by atoms with van der Waals surface area (Å²) in [5, 5.41) is 10.2. The average molecular weight is 569 g/mol. The summed E-state index contributed by atoms with van der Waals surface area (Å²) in [6, 6.07) is 14.8. The Labute approximate surface area is 236 Å². The molecule has 6 nitrogen and oxygen atoms in total. The Morgan fingerprint density at radius 1 is 1.08 bits per heavy atom. The summed E-state index contributed by atoms with van der Waals surface area (Å²) in [5.41, 5.74) is 3.18. The molecule has 0 bridgehead atoms. The molecule has 1 fully saturated rings. The first-order chi connectivity index (χ1) is 18.1. The number of nitriles is 1. The minimum atomic E-state index is -3.60. The maximum atomic E-state index is 13.6. The Morgan fingerprint density at radius 2 is 1.69 bits per heavy atom. The fraction of sp³-hybridized carbons (Fsp3) is 0.548. The number of carbonyl (C=O) groups excluding carboxylic acids is 1. The maximum absolute atomic E-state index is 13.6. The molecule has 1 aliphatic heterocycles. The van der Waals surface area contributed by atoms with E-state index in [0.717, 1.165) is 30.4 Å². The lowest BCUT2D eigenvalue weighted by Crippen LogP contribution is -2.41. The first kappa shape index (κ1) is 30.9. The van der Waals surface area contributed by atoms with Crippen molar-refractivity contribution in [3.8, 4) is 17.2 Å². The van der Waals surface area contributed by atoms with E-state index >= 15 is 0 Å². The van der Waals surface area contributed by atoms with Crippen molar-refractivity contribution in [1.82, 2.24) is 4.90 Å². The van der Waals surface area contributed by atoms with E-state index in [1.54, 1.807) is 4.90 Å². The quantitative estimate of drug-likeness (QED) is 0.310. The van der Waals surface area contributed by atoms with Crippen LogP contribution in [0.5, 0.6) is 0 Å². The first-order valence-electron chi connectivity index (χ1n) is 14.0. The summed E-state index contributed by atoms with van der Waals surface area (Å²) in [5.74, 6) is 0.413. The molecule has 1 aliphatic rings. The van der Waals surface area contributed by atoms with Gasteiger partial charge in [-0.05, 0) is 68.7 Å². The minimum Gasteiger partial charge on any atom is -0.444 e. The number of benzene rings is 2. The molecule has 212 valence electrons. The molecule has 1 saturated heterocycles. The molecule has 0 aliphatic carbocycles. The van der Waals surface area contributed by atoms with Crippen LogP contribution in [0.2, 0.25) is 25.7 Å². The van der Waals surface area contributed by atoms with E-state index < -0.39 is 23.5 Å². The van der Waals surface area contributed by atoms with Crippen molar-refractivity contribution in [2.45, 2.75) is 95.5 Å². The largest absolute Gasteiger partial charge is 0.444 e. The van der Waals surface area contributed by atoms with Gasteiger partial charge in [0.15, 0.2) is 9.84 Å². The van der Waals surface area contributed by atoms with Gasteiger partial charge >= 0.3 is 6.09 Å². The molecule has 1 amide bonds. The summed E-state index contributed by atoms with van der Waals surface area (Å²) in [6.07, 6.45) is 2.88. The highest BCUT2D eigenvalue weighted by Crippen LogP contribution is 2.35. The highest BCUT2D eigenvalue weighted by molar-refractivity contribution is 7.91. The lowest BCUT2D eigenvalue weighted by Gasteiger charge is -2.33. The van der Waals surface area contributed by atoms with Gasteiger partial charge in [0, 0.05) is 26.7 Å². The first-order valence-corrected chi connectivity index (χ1v) is 19.4. The Bertz CT molecular complexity index is 1310. The van der Waals surface area contributed by atoms with Crippen LogP contribution < -0.4 is 0 Å². The van der Waals surface area contributed by atoms with Gasteiger partial charge in [-0.25, -0.2) is 13.2 Å². The second-order valence-corrected chi connectivity index (χ2v) is 20.5. The van der Waals surface area contributed by atoms with E-state index in [1.165, 1.54) is 5.56 Å². The second kappa shape index (κ2) is 12.3. The standard InChI is InChI=1S/C31H44N2O4SSi/c1-8-9-26-14-15-27(28(22-32)29(26)38(35,36)20-21-39(5,6)7)25-12-10-23(11-13-25)24-16-18-33(19-17-24)30(34)37-31(2,3)4/h10-15,24H,8-9,16-21H2,1-7H3. The summed E-state index contributed by atoms with van der Waals surface area (Å²) < 4.78 is 32.7. The highest BCUT2D eigenvalue weighted by atomic mass is 32.2. The van der Waals surface area contributed by atoms with Gasteiger partial charge in [0.05, 0.1) is 16.2 Å². The van der Waals surface area contributed by atoms with Crippen LogP contribution >= 0.6 is 0 Å². The number of amides is 1. The summed E-state index contributed by atoms with van der Waals surface area (Å²) >= 11 is 0. The zero-order valence-corrected chi connectivity index (χ0v) is 26.5. The van der Waals surface area contributed by atoms with Gasteiger partial charge in [-0.1, -0.05) is 69.4 Å². The van der Waals surface area contributed by atoms with Crippen LogP contribution in [0.3, 0.4) is 0 Å².